The van der Waals surface area contributed by atoms with E-state index in [9.17, 15) is 19.2 Å². The van der Waals surface area contributed by atoms with E-state index in [4.69, 9.17) is 20.4 Å². The predicted octanol–water partition coefficient (Wildman–Crippen LogP) is 24.4. The fourth-order valence-corrected chi connectivity index (χ4v) is 9.39. The van der Waals surface area contributed by atoms with E-state index >= 15 is 0 Å². The largest absolute Gasteiger partial charge is 0.481 e. The molecule has 0 aliphatic rings. The summed E-state index contributed by atoms with van der Waals surface area (Å²) in [6.07, 6.45) is 85.0. The van der Waals surface area contributed by atoms with Crippen LogP contribution in [0.2, 0.25) is 0 Å². The summed E-state index contributed by atoms with van der Waals surface area (Å²) < 4.78 is 0. The molecule has 0 amide bonds. The molecular weight excluding hydrogens is 1080 g/mol. The molecule has 0 aromatic carbocycles. The fourth-order valence-electron chi connectivity index (χ4n) is 9.39. The molecular formula is C72H136O8Zr. The van der Waals surface area contributed by atoms with Crippen molar-refractivity contribution in [3.8, 4) is 0 Å². The van der Waals surface area contributed by atoms with Crippen molar-refractivity contribution >= 4 is 23.9 Å². The van der Waals surface area contributed by atoms with Crippen molar-refractivity contribution in [2.24, 2.45) is 0 Å². The molecule has 81 heavy (non-hydrogen) atoms. The number of rotatable bonds is 60. The van der Waals surface area contributed by atoms with E-state index in [1.165, 1.54) is 283 Å². The van der Waals surface area contributed by atoms with Crippen molar-refractivity contribution in [3.05, 3.63) is 48.6 Å². The number of unbranched alkanes of at least 4 members (excludes halogenated alkanes) is 44. The molecule has 0 fully saturated rings. The van der Waals surface area contributed by atoms with E-state index in [0.29, 0.717) is 25.7 Å². The number of allylic oxidation sites excluding steroid dienone is 8. The van der Waals surface area contributed by atoms with Gasteiger partial charge in [0.15, 0.2) is 0 Å². The molecule has 0 unspecified atom stereocenters. The Kier molecular flexibility index (Phi) is 90.9. The first-order valence-corrected chi connectivity index (χ1v) is 34.6. The smallest absolute Gasteiger partial charge is 0.303 e. The van der Waals surface area contributed by atoms with Gasteiger partial charge in [0, 0.05) is 51.9 Å². The van der Waals surface area contributed by atoms with Gasteiger partial charge in [-0.05, 0) is 128 Å². The van der Waals surface area contributed by atoms with Crippen molar-refractivity contribution in [1.29, 1.82) is 0 Å². The molecule has 0 bridgehead atoms. The number of carboxylic acid groups (broad SMARTS) is 4. The third-order valence-corrected chi connectivity index (χ3v) is 14.6. The van der Waals surface area contributed by atoms with Gasteiger partial charge in [0.2, 0.25) is 0 Å². The maximum Gasteiger partial charge on any atom is 0.303 e. The zero-order chi connectivity index (χ0) is 59.6. The van der Waals surface area contributed by atoms with Crippen LogP contribution in [-0.2, 0) is 45.4 Å². The molecule has 8 nitrogen and oxygen atoms in total. The molecule has 0 rings (SSSR count). The number of carbonyl (C=O) groups is 4. The van der Waals surface area contributed by atoms with E-state index in [1.807, 2.05) is 0 Å². The van der Waals surface area contributed by atoms with Gasteiger partial charge in [0.25, 0.3) is 0 Å². The molecule has 0 spiro atoms. The Bertz CT molecular complexity index is 1140. The van der Waals surface area contributed by atoms with E-state index in [-0.39, 0.29) is 26.2 Å². The van der Waals surface area contributed by atoms with Gasteiger partial charge in [0.05, 0.1) is 0 Å². The Balaban J connectivity index is -0.000000316. The zero-order valence-corrected chi connectivity index (χ0v) is 56.6. The third kappa shape index (κ3) is 103. The van der Waals surface area contributed by atoms with Crippen LogP contribution in [0.15, 0.2) is 48.6 Å². The summed E-state index contributed by atoms with van der Waals surface area (Å²) in [5, 5.41) is 34.0. The van der Waals surface area contributed by atoms with Gasteiger partial charge >= 0.3 is 23.9 Å². The maximum atomic E-state index is 10.3. The normalized spacial score (nSPS) is 11.1. The molecule has 0 radical (unpaired) electrons. The summed E-state index contributed by atoms with van der Waals surface area (Å²) in [6.45, 7) is 9.04. The molecule has 476 valence electrons. The van der Waals surface area contributed by atoms with Gasteiger partial charge in [-0.1, -0.05) is 282 Å². The average Bonchev–Trinajstić information content (AvgIpc) is 3.43. The first-order valence-electron chi connectivity index (χ1n) is 34.6. The number of aliphatic carboxylic acids is 4. The SMILES string of the molecule is CCCCCCCC/C=C\CCCCCCCC(=O)O.CCCCCCCC/C=C\CCCCCCCC(=O)O.CCCCCCCC/C=C\CCCCCCCC(=O)O.CCCCCCCC/C=C\CCCCCCCC(=O)O.[Zr]. The molecule has 4 N–H and O–H groups in total. The Morgan fingerprint density at radius 3 is 0.432 bits per heavy atom. The molecule has 9 heteroatoms. The monoisotopic (exact) mass is 1220 g/mol. The van der Waals surface area contributed by atoms with Crippen LogP contribution >= 0.6 is 0 Å². The molecule has 0 heterocycles. The van der Waals surface area contributed by atoms with Crippen molar-refractivity contribution in [3.63, 3.8) is 0 Å². The molecule has 0 aliphatic carbocycles. The summed E-state index contributed by atoms with van der Waals surface area (Å²) in [7, 11) is 0. The van der Waals surface area contributed by atoms with Crippen LogP contribution in [0.4, 0.5) is 0 Å². The summed E-state index contributed by atoms with van der Waals surface area (Å²) in [5.74, 6) is -2.66. The van der Waals surface area contributed by atoms with E-state index < -0.39 is 23.9 Å². The second kappa shape index (κ2) is 84.2. The first-order chi connectivity index (χ1) is 39.1. The minimum atomic E-state index is -0.664. The van der Waals surface area contributed by atoms with Gasteiger partial charge in [-0.2, -0.15) is 0 Å². The minimum absolute atomic E-state index is 0. The Labute approximate surface area is 522 Å². The van der Waals surface area contributed by atoms with E-state index in [1.54, 1.807) is 0 Å². The Morgan fingerprint density at radius 1 is 0.198 bits per heavy atom. The second-order valence-electron chi connectivity index (χ2n) is 22.9. The molecule has 0 saturated heterocycles. The number of hydrogen-bond acceptors (Lipinski definition) is 4. The minimum Gasteiger partial charge on any atom is -0.481 e. The Morgan fingerprint density at radius 2 is 0.309 bits per heavy atom. The van der Waals surface area contributed by atoms with Gasteiger partial charge in [0.1, 0.15) is 0 Å². The van der Waals surface area contributed by atoms with Crippen LogP contribution in [0.1, 0.15) is 387 Å². The van der Waals surface area contributed by atoms with Gasteiger partial charge in [-0.25, -0.2) is 0 Å². The fraction of sp³-hybridized carbons (Fsp3) is 0.833. The summed E-state index contributed by atoms with van der Waals surface area (Å²) in [6, 6.07) is 0. The molecule has 0 aromatic rings. The molecule has 0 aromatic heterocycles. The summed E-state index contributed by atoms with van der Waals surface area (Å²) in [4.78, 5) is 41.3. The average molecular weight is 1220 g/mol. The standard InChI is InChI=1S/4C18H34O2.Zr/c4*1-2-3-4-5-6-7-8-9-10-11-12-13-14-15-16-17-18(19)20;/h4*9-10H,2-8,11-17H2,1H3,(H,19,20);/b4*10-9-;. The van der Waals surface area contributed by atoms with Crippen molar-refractivity contribution < 1.29 is 65.8 Å². The summed E-state index contributed by atoms with van der Waals surface area (Å²) >= 11 is 0. The van der Waals surface area contributed by atoms with Crippen molar-refractivity contribution in [2.45, 2.75) is 387 Å². The van der Waals surface area contributed by atoms with E-state index in [2.05, 4.69) is 76.3 Å². The third-order valence-electron chi connectivity index (χ3n) is 14.6. The second-order valence-corrected chi connectivity index (χ2v) is 22.9. The quantitative estimate of drug-likeness (QED) is 0.0347. The number of carboxylic acids is 4. The van der Waals surface area contributed by atoms with Crippen molar-refractivity contribution in [2.75, 3.05) is 0 Å². The van der Waals surface area contributed by atoms with Gasteiger partial charge in [-0.15, -0.1) is 0 Å². The number of hydrogen-bond donors (Lipinski definition) is 4. The zero-order valence-electron chi connectivity index (χ0n) is 54.1. The topological polar surface area (TPSA) is 149 Å². The maximum absolute atomic E-state index is 10.3. The predicted molar refractivity (Wildman–Crippen MR) is 348 cm³/mol. The van der Waals surface area contributed by atoms with Gasteiger partial charge in [-0.3, -0.25) is 19.2 Å². The first kappa shape index (κ1) is 87.5. The van der Waals surface area contributed by atoms with Crippen LogP contribution in [0.5, 0.6) is 0 Å². The molecule has 0 aliphatic heterocycles. The van der Waals surface area contributed by atoms with Crippen LogP contribution in [-0.4, -0.2) is 44.3 Å². The molecule has 0 saturated carbocycles. The van der Waals surface area contributed by atoms with E-state index in [0.717, 1.165) is 51.4 Å². The van der Waals surface area contributed by atoms with Crippen LogP contribution in [0.25, 0.3) is 0 Å². The molecule has 0 atom stereocenters. The van der Waals surface area contributed by atoms with Crippen molar-refractivity contribution in [1.82, 2.24) is 0 Å². The Hall–Kier alpha value is -2.28. The van der Waals surface area contributed by atoms with Gasteiger partial charge < -0.3 is 20.4 Å². The summed E-state index contributed by atoms with van der Waals surface area (Å²) in [5.41, 5.74) is 0. The van der Waals surface area contributed by atoms with Crippen LogP contribution in [0.3, 0.4) is 0 Å². The van der Waals surface area contributed by atoms with Crippen LogP contribution in [0, 0.1) is 0 Å². The van der Waals surface area contributed by atoms with Crippen LogP contribution < -0.4 is 0 Å².